The Labute approximate surface area is 138 Å². The van der Waals surface area contributed by atoms with Gasteiger partial charge < -0.3 is 10.1 Å². The Morgan fingerprint density at radius 2 is 2.09 bits per heavy atom. The molecule has 1 amide bonds. The highest BCUT2D eigenvalue weighted by atomic mass is 79.9. The predicted molar refractivity (Wildman–Crippen MR) is 89.3 cm³/mol. The Hall–Kier alpha value is -1.82. The van der Waals surface area contributed by atoms with E-state index in [1.54, 1.807) is 19.2 Å². The largest absolute Gasteiger partial charge is 0.496 e. The van der Waals surface area contributed by atoms with Gasteiger partial charge in [0, 0.05) is 18.8 Å². The molecule has 1 aromatic carbocycles. The van der Waals surface area contributed by atoms with E-state index in [2.05, 4.69) is 26.3 Å². The molecule has 5 nitrogen and oxygen atoms in total. The standard InChI is InChI=1S/C16H20BrN3O2/c1-11-15(17)12(2)20(19-11)10-6-9-18-16(21)13-7-4-5-8-14(13)22-3/h4-5,7-8H,6,9-10H2,1-3H3,(H,18,21). The summed E-state index contributed by atoms with van der Waals surface area (Å²) in [4.78, 5) is 12.1. The maximum absolute atomic E-state index is 12.1. The first-order valence-corrected chi connectivity index (χ1v) is 7.94. The molecule has 1 N–H and O–H groups in total. The van der Waals surface area contributed by atoms with E-state index in [4.69, 9.17) is 4.74 Å². The Morgan fingerprint density at radius 3 is 2.73 bits per heavy atom. The van der Waals surface area contributed by atoms with Gasteiger partial charge in [0.1, 0.15) is 5.75 Å². The summed E-state index contributed by atoms with van der Waals surface area (Å²) in [5.74, 6) is 0.467. The lowest BCUT2D eigenvalue weighted by atomic mass is 10.2. The van der Waals surface area contributed by atoms with Crippen molar-refractivity contribution in [2.75, 3.05) is 13.7 Å². The predicted octanol–water partition coefficient (Wildman–Crippen LogP) is 3.09. The zero-order valence-corrected chi connectivity index (χ0v) is 14.6. The lowest BCUT2D eigenvalue weighted by Gasteiger charge is -2.09. The van der Waals surface area contributed by atoms with E-state index in [0.29, 0.717) is 17.9 Å². The van der Waals surface area contributed by atoms with Crippen LogP contribution in [0, 0.1) is 13.8 Å². The van der Waals surface area contributed by atoms with Gasteiger partial charge in [0.05, 0.1) is 22.8 Å². The average Bonchev–Trinajstić information content (AvgIpc) is 2.78. The molecule has 2 rings (SSSR count). The maximum atomic E-state index is 12.1. The van der Waals surface area contributed by atoms with Crippen LogP contribution in [0.4, 0.5) is 0 Å². The summed E-state index contributed by atoms with van der Waals surface area (Å²) in [6.07, 6.45) is 0.815. The van der Waals surface area contributed by atoms with Crippen molar-refractivity contribution in [1.82, 2.24) is 15.1 Å². The first-order valence-electron chi connectivity index (χ1n) is 7.15. The summed E-state index contributed by atoms with van der Waals surface area (Å²) in [6.45, 7) is 5.35. The van der Waals surface area contributed by atoms with Gasteiger partial charge in [-0.2, -0.15) is 5.10 Å². The molecule has 0 atom stereocenters. The lowest BCUT2D eigenvalue weighted by Crippen LogP contribution is -2.25. The van der Waals surface area contributed by atoms with Gasteiger partial charge >= 0.3 is 0 Å². The van der Waals surface area contributed by atoms with Crippen molar-refractivity contribution in [1.29, 1.82) is 0 Å². The molecule has 0 fully saturated rings. The molecule has 0 radical (unpaired) electrons. The summed E-state index contributed by atoms with van der Waals surface area (Å²) < 4.78 is 8.19. The molecule has 0 unspecified atom stereocenters. The van der Waals surface area contributed by atoms with E-state index >= 15 is 0 Å². The second-order valence-corrected chi connectivity index (χ2v) is 5.81. The summed E-state index contributed by atoms with van der Waals surface area (Å²) in [6, 6.07) is 7.20. The monoisotopic (exact) mass is 365 g/mol. The number of rotatable bonds is 6. The fourth-order valence-electron chi connectivity index (χ4n) is 2.25. The number of para-hydroxylation sites is 1. The van der Waals surface area contributed by atoms with E-state index in [1.807, 2.05) is 30.7 Å². The zero-order chi connectivity index (χ0) is 16.1. The molecule has 6 heteroatoms. The number of carbonyl (C=O) groups is 1. The quantitative estimate of drug-likeness (QED) is 0.800. The van der Waals surface area contributed by atoms with Crippen molar-refractivity contribution in [3.63, 3.8) is 0 Å². The number of ether oxygens (including phenoxy) is 1. The number of nitrogens with zero attached hydrogens (tertiary/aromatic N) is 2. The van der Waals surface area contributed by atoms with Crippen LogP contribution in [0.15, 0.2) is 28.7 Å². The minimum Gasteiger partial charge on any atom is -0.496 e. The minimum atomic E-state index is -0.119. The van der Waals surface area contributed by atoms with E-state index in [-0.39, 0.29) is 5.91 Å². The molecular formula is C16H20BrN3O2. The topological polar surface area (TPSA) is 56.1 Å². The molecule has 0 spiro atoms. The minimum absolute atomic E-state index is 0.119. The molecule has 0 aliphatic rings. The third-order valence-electron chi connectivity index (χ3n) is 3.48. The summed E-state index contributed by atoms with van der Waals surface area (Å²) >= 11 is 3.51. The first-order chi connectivity index (χ1) is 10.5. The number of amides is 1. The van der Waals surface area contributed by atoms with Crippen LogP contribution in [-0.4, -0.2) is 29.3 Å². The fraction of sp³-hybridized carbons (Fsp3) is 0.375. The number of nitrogens with one attached hydrogen (secondary N) is 1. The molecule has 22 heavy (non-hydrogen) atoms. The normalized spacial score (nSPS) is 10.5. The van der Waals surface area contributed by atoms with Gasteiger partial charge in [-0.25, -0.2) is 0 Å². The molecule has 2 aromatic rings. The van der Waals surface area contributed by atoms with Gasteiger partial charge in [-0.15, -0.1) is 0 Å². The Bertz CT molecular complexity index is 667. The van der Waals surface area contributed by atoms with Gasteiger partial charge in [-0.3, -0.25) is 9.48 Å². The fourth-order valence-corrected chi connectivity index (χ4v) is 2.53. The number of carbonyl (C=O) groups excluding carboxylic acids is 1. The second kappa shape index (κ2) is 7.45. The van der Waals surface area contributed by atoms with Gasteiger partial charge in [0.25, 0.3) is 5.91 Å². The van der Waals surface area contributed by atoms with Crippen LogP contribution in [0.3, 0.4) is 0 Å². The smallest absolute Gasteiger partial charge is 0.255 e. The van der Waals surface area contributed by atoms with Crippen LogP contribution in [0.2, 0.25) is 0 Å². The van der Waals surface area contributed by atoms with Gasteiger partial charge in [0.15, 0.2) is 0 Å². The highest BCUT2D eigenvalue weighted by Gasteiger charge is 2.11. The van der Waals surface area contributed by atoms with E-state index < -0.39 is 0 Å². The number of aryl methyl sites for hydroxylation is 2. The van der Waals surface area contributed by atoms with Crippen LogP contribution in [0.1, 0.15) is 28.2 Å². The number of methoxy groups -OCH3 is 1. The molecule has 118 valence electrons. The van der Waals surface area contributed by atoms with Crippen molar-refractivity contribution in [2.45, 2.75) is 26.8 Å². The van der Waals surface area contributed by atoms with Crippen molar-refractivity contribution in [3.05, 3.63) is 45.7 Å². The number of hydrogen-bond donors (Lipinski definition) is 1. The Balaban J connectivity index is 1.86. The summed E-state index contributed by atoms with van der Waals surface area (Å²) in [7, 11) is 1.56. The molecule has 0 saturated carbocycles. The van der Waals surface area contributed by atoms with Crippen molar-refractivity contribution < 1.29 is 9.53 Å². The van der Waals surface area contributed by atoms with Crippen molar-refractivity contribution in [3.8, 4) is 5.75 Å². The van der Waals surface area contributed by atoms with Gasteiger partial charge in [-0.05, 0) is 48.3 Å². The maximum Gasteiger partial charge on any atom is 0.255 e. The van der Waals surface area contributed by atoms with Gasteiger partial charge in [-0.1, -0.05) is 12.1 Å². The van der Waals surface area contributed by atoms with Crippen molar-refractivity contribution in [2.24, 2.45) is 0 Å². The molecule has 0 bridgehead atoms. The SMILES string of the molecule is COc1ccccc1C(=O)NCCCn1nc(C)c(Br)c1C. The molecular weight excluding hydrogens is 346 g/mol. The van der Waals surface area contributed by atoms with Gasteiger partial charge in [0.2, 0.25) is 0 Å². The summed E-state index contributed by atoms with van der Waals surface area (Å²) in [5.41, 5.74) is 2.64. The summed E-state index contributed by atoms with van der Waals surface area (Å²) in [5, 5.41) is 7.36. The van der Waals surface area contributed by atoms with E-state index in [1.165, 1.54) is 0 Å². The number of benzene rings is 1. The number of hydrogen-bond acceptors (Lipinski definition) is 3. The molecule has 0 aliphatic carbocycles. The van der Waals surface area contributed by atoms with E-state index in [9.17, 15) is 4.79 Å². The molecule has 1 aromatic heterocycles. The highest BCUT2D eigenvalue weighted by molar-refractivity contribution is 9.10. The number of halogens is 1. The third-order valence-corrected chi connectivity index (χ3v) is 4.62. The third kappa shape index (κ3) is 3.68. The van der Waals surface area contributed by atoms with Crippen LogP contribution in [0.5, 0.6) is 5.75 Å². The van der Waals surface area contributed by atoms with Crippen LogP contribution in [-0.2, 0) is 6.54 Å². The molecule has 0 aliphatic heterocycles. The van der Waals surface area contributed by atoms with Crippen LogP contribution < -0.4 is 10.1 Å². The van der Waals surface area contributed by atoms with Crippen molar-refractivity contribution >= 4 is 21.8 Å². The van der Waals surface area contributed by atoms with Crippen LogP contribution in [0.25, 0.3) is 0 Å². The zero-order valence-electron chi connectivity index (χ0n) is 13.0. The lowest BCUT2D eigenvalue weighted by molar-refractivity contribution is 0.0949. The van der Waals surface area contributed by atoms with Crippen LogP contribution >= 0.6 is 15.9 Å². The highest BCUT2D eigenvalue weighted by Crippen LogP contribution is 2.20. The average molecular weight is 366 g/mol. The Kier molecular flexibility index (Phi) is 5.60. The number of aromatic nitrogens is 2. The molecule has 1 heterocycles. The van der Waals surface area contributed by atoms with E-state index in [0.717, 1.165) is 28.8 Å². The molecule has 0 saturated heterocycles. The second-order valence-electron chi connectivity index (χ2n) is 5.02. The first kappa shape index (κ1) is 16.5. The Morgan fingerprint density at radius 1 is 1.36 bits per heavy atom.